The first-order chi connectivity index (χ1) is 19.4. The van der Waals surface area contributed by atoms with Crippen molar-refractivity contribution in [1.29, 1.82) is 0 Å². The number of benzene rings is 4. The number of carbonyl (C=O) groups excluding carboxylic acids is 1. The number of carbonyl (C=O) groups is 1. The number of nitrogens with two attached hydrogens (primary N) is 2. The van der Waals surface area contributed by atoms with Crippen molar-refractivity contribution in [3.05, 3.63) is 114 Å². The minimum absolute atomic E-state index is 0. The highest BCUT2D eigenvalue weighted by molar-refractivity contribution is 5.99. The first-order valence-electron chi connectivity index (χ1n) is 13.3. The molecule has 1 amide bonds. The van der Waals surface area contributed by atoms with Gasteiger partial charge in [-0.15, -0.1) is 12.4 Å². The lowest BCUT2D eigenvalue weighted by molar-refractivity contribution is 0.0937. The Hall–Kier alpha value is -4.11. The van der Waals surface area contributed by atoms with Crippen LogP contribution in [0.4, 0.5) is 8.78 Å². The Morgan fingerprint density at radius 2 is 1.46 bits per heavy atom. The Morgan fingerprint density at radius 3 is 2.05 bits per heavy atom. The number of hydrogen-bond acceptors (Lipinski definition) is 4. The van der Waals surface area contributed by atoms with Crippen LogP contribution in [0.5, 0.6) is 0 Å². The lowest BCUT2D eigenvalue weighted by Gasteiger charge is -2.14. The van der Waals surface area contributed by atoms with Gasteiger partial charge in [-0.05, 0) is 83.6 Å². The summed E-state index contributed by atoms with van der Waals surface area (Å²) in [7, 11) is 0. The largest absolute Gasteiger partial charge is 0.348 e. The minimum atomic E-state index is -0.344. The third-order valence-electron chi connectivity index (χ3n) is 6.89. The molecule has 1 aromatic heterocycles. The number of aromatic nitrogens is 2. The molecule has 1 heterocycles. The molecule has 5 N–H and O–H groups in total. The monoisotopic (exact) mass is 575 g/mol. The second-order valence-electron chi connectivity index (χ2n) is 9.81. The summed E-state index contributed by atoms with van der Waals surface area (Å²) in [5.41, 5.74) is 17.3. The van der Waals surface area contributed by atoms with Crippen molar-refractivity contribution in [2.24, 2.45) is 11.5 Å². The van der Waals surface area contributed by atoms with E-state index in [-0.39, 0.29) is 41.8 Å². The summed E-state index contributed by atoms with van der Waals surface area (Å²) in [5, 5.41) is 2.93. The number of nitrogens with zero attached hydrogens (tertiary/aromatic N) is 2. The fraction of sp³-hybridized carbons (Fsp3) is 0.188. The van der Waals surface area contributed by atoms with Gasteiger partial charge in [0.1, 0.15) is 11.6 Å². The number of rotatable bonds is 10. The van der Waals surface area contributed by atoms with Gasteiger partial charge in [0.05, 0.1) is 11.0 Å². The number of imidazole rings is 1. The van der Waals surface area contributed by atoms with E-state index in [1.54, 1.807) is 24.3 Å². The summed E-state index contributed by atoms with van der Waals surface area (Å²) in [6, 6.07) is 25.9. The molecule has 5 rings (SSSR count). The van der Waals surface area contributed by atoms with E-state index in [0.717, 1.165) is 39.8 Å². The standard InChI is InChI=1S/C32H31F2N5O.ClH/c33-24-12-8-22(9-13-24)27-17-29-30(18-28(27)23-10-14-25(34)15-11-23)39(20-21-5-2-1-3-6-21)31(38-29)32(40)37-19-26(36)7-4-16-35;/h1-3,5-6,8-15,17-18,26H,4,7,16,19-20,35-36H2,(H,37,40);1H. The molecular formula is C32H32ClF2N5O. The second-order valence-corrected chi connectivity index (χ2v) is 9.81. The van der Waals surface area contributed by atoms with Crippen LogP contribution in [0.1, 0.15) is 29.0 Å². The molecule has 0 aliphatic rings. The Balaban J connectivity index is 0.00000387. The van der Waals surface area contributed by atoms with Gasteiger partial charge in [0.15, 0.2) is 5.82 Å². The van der Waals surface area contributed by atoms with Crippen LogP contribution in [-0.2, 0) is 6.54 Å². The first-order valence-corrected chi connectivity index (χ1v) is 13.3. The highest BCUT2D eigenvalue weighted by Crippen LogP contribution is 2.36. The highest BCUT2D eigenvalue weighted by atomic mass is 35.5. The van der Waals surface area contributed by atoms with Crippen LogP contribution in [0.3, 0.4) is 0 Å². The maximum atomic E-state index is 13.8. The molecule has 1 unspecified atom stereocenters. The molecule has 0 aliphatic carbocycles. The summed E-state index contributed by atoms with van der Waals surface area (Å²) in [6.45, 7) is 1.26. The van der Waals surface area contributed by atoms with E-state index in [9.17, 15) is 13.6 Å². The number of halogens is 3. The number of hydrogen-bond donors (Lipinski definition) is 3. The molecule has 0 saturated carbocycles. The third-order valence-corrected chi connectivity index (χ3v) is 6.89. The molecule has 0 saturated heterocycles. The molecular weight excluding hydrogens is 544 g/mol. The molecule has 6 nitrogen and oxygen atoms in total. The zero-order valence-corrected chi connectivity index (χ0v) is 23.2. The van der Waals surface area contributed by atoms with Gasteiger partial charge in [-0.3, -0.25) is 4.79 Å². The molecule has 0 aliphatic heterocycles. The van der Waals surface area contributed by atoms with E-state index in [0.29, 0.717) is 31.6 Å². The predicted molar refractivity (Wildman–Crippen MR) is 162 cm³/mol. The smallest absolute Gasteiger partial charge is 0.287 e. The van der Waals surface area contributed by atoms with E-state index in [4.69, 9.17) is 16.5 Å². The molecule has 9 heteroatoms. The minimum Gasteiger partial charge on any atom is -0.348 e. The van der Waals surface area contributed by atoms with Gasteiger partial charge in [-0.2, -0.15) is 0 Å². The molecule has 0 bridgehead atoms. The van der Waals surface area contributed by atoms with Gasteiger partial charge in [0.25, 0.3) is 5.91 Å². The van der Waals surface area contributed by atoms with Crippen molar-refractivity contribution in [3.8, 4) is 22.3 Å². The lowest BCUT2D eigenvalue weighted by atomic mass is 9.94. The van der Waals surface area contributed by atoms with Gasteiger partial charge in [0, 0.05) is 19.1 Å². The molecule has 0 spiro atoms. The van der Waals surface area contributed by atoms with Crippen LogP contribution in [-0.4, -0.2) is 34.6 Å². The van der Waals surface area contributed by atoms with E-state index in [1.165, 1.54) is 24.3 Å². The van der Waals surface area contributed by atoms with Crippen molar-refractivity contribution in [3.63, 3.8) is 0 Å². The van der Waals surface area contributed by atoms with E-state index >= 15 is 0 Å². The zero-order valence-electron chi connectivity index (χ0n) is 22.4. The Morgan fingerprint density at radius 1 is 0.878 bits per heavy atom. The second kappa shape index (κ2) is 13.5. The van der Waals surface area contributed by atoms with Crippen molar-refractivity contribution >= 4 is 29.3 Å². The van der Waals surface area contributed by atoms with Crippen molar-refractivity contribution in [1.82, 2.24) is 14.9 Å². The lowest BCUT2D eigenvalue weighted by Crippen LogP contribution is -2.38. The molecule has 212 valence electrons. The van der Waals surface area contributed by atoms with Gasteiger partial charge >= 0.3 is 0 Å². The molecule has 1 atom stereocenters. The summed E-state index contributed by atoms with van der Waals surface area (Å²) >= 11 is 0. The summed E-state index contributed by atoms with van der Waals surface area (Å²) in [5.74, 6) is -0.761. The van der Waals surface area contributed by atoms with Crippen LogP contribution in [0, 0.1) is 11.6 Å². The number of nitrogens with one attached hydrogen (secondary N) is 1. The highest BCUT2D eigenvalue weighted by Gasteiger charge is 2.21. The fourth-order valence-corrected chi connectivity index (χ4v) is 4.79. The van der Waals surface area contributed by atoms with Gasteiger partial charge in [-0.25, -0.2) is 13.8 Å². The van der Waals surface area contributed by atoms with E-state index < -0.39 is 0 Å². The topological polar surface area (TPSA) is 99.0 Å². The van der Waals surface area contributed by atoms with Crippen LogP contribution in [0.15, 0.2) is 91.0 Å². The van der Waals surface area contributed by atoms with Gasteiger partial charge < -0.3 is 21.4 Å². The van der Waals surface area contributed by atoms with Crippen molar-refractivity contribution < 1.29 is 13.6 Å². The van der Waals surface area contributed by atoms with Gasteiger partial charge in [-0.1, -0.05) is 54.6 Å². The summed E-state index contributed by atoms with van der Waals surface area (Å²) < 4.78 is 29.4. The Bertz CT molecular complexity index is 1610. The van der Waals surface area contributed by atoms with Crippen LogP contribution in [0.2, 0.25) is 0 Å². The Kier molecular flexibility index (Phi) is 9.83. The maximum Gasteiger partial charge on any atom is 0.287 e. The van der Waals surface area contributed by atoms with Gasteiger partial charge in [0.2, 0.25) is 0 Å². The normalized spacial score (nSPS) is 11.7. The van der Waals surface area contributed by atoms with Crippen LogP contribution < -0.4 is 16.8 Å². The fourth-order valence-electron chi connectivity index (χ4n) is 4.79. The van der Waals surface area contributed by atoms with Crippen molar-refractivity contribution in [2.45, 2.75) is 25.4 Å². The summed E-state index contributed by atoms with van der Waals surface area (Å²) in [4.78, 5) is 18.2. The zero-order chi connectivity index (χ0) is 28.1. The van der Waals surface area contributed by atoms with E-state index in [2.05, 4.69) is 5.32 Å². The average molecular weight is 576 g/mol. The molecule has 0 radical (unpaired) electrons. The van der Waals surface area contributed by atoms with Crippen LogP contribution >= 0.6 is 12.4 Å². The quantitative estimate of drug-likeness (QED) is 0.193. The molecule has 0 fully saturated rings. The SMILES string of the molecule is Cl.NCCCC(N)CNC(=O)c1nc2cc(-c3ccc(F)cc3)c(-c3ccc(F)cc3)cc2n1Cc1ccccc1. The molecule has 4 aromatic carbocycles. The van der Waals surface area contributed by atoms with Crippen LogP contribution in [0.25, 0.3) is 33.3 Å². The predicted octanol–water partition coefficient (Wildman–Crippen LogP) is 5.91. The maximum absolute atomic E-state index is 13.8. The number of amides is 1. The van der Waals surface area contributed by atoms with Crippen molar-refractivity contribution in [2.75, 3.05) is 13.1 Å². The van der Waals surface area contributed by atoms with E-state index in [1.807, 2.05) is 47.0 Å². The number of fused-ring (bicyclic) bond motifs is 1. The molecule has 5 aromatic rings. The third kappa shape index (κ3) is 6.97. The first kappa shape index (κ1) is 29.9. The Labute approximate surface area is 243 Å². The average Bonchev–Trinajstić information content (AvgIpc) is 3.32. The molecule has 41 heavy (non-hydrogen) atoms. The summed E-state index contributed by atoms with van der Waals surface area (Å²) in [6.07, 6.45) is 1.49.